The third kappa shape index (κ3) is 6.46. The Labute approximate surface area is 292 Å². The van der Waals surface area contributed by atoms with Crippen molar-refractivity contribution in [2.45, 2.75) is 25.2 Å². The summed E-state index contributed by atoms with van der Waals surface area (Å²) >= 11 is 0. The van der Waals surface area contributed by atoms with Crippen LogP contribution in [0.5, 0.6) is 17.2 Å². The fraction of sp³-hybridized carbons (Fsp3) is 0.159. The van der Waals surface area contributed by atoms with Crippen LogP contribution in [0, 0.1) is 5.92 Å². The van der Waals surface area contributed by atoms with Crippen LogP contribution in [0.2, 0.25) is 0 Å². The van der Waals surface area contributed by atoms with Crippen molar-refractivity contribution >= 4 is 5.97 Å². The molecule has 1 aliphatic rings. The number of hydrogen-bond acceptors (Lipinski definition) is 5. The molecule has 0 bridgehead atoms. The molecule has 250 valence electrons. The van der Waals surface area contributed by atoms with Gasteiger partial charge in [0.1, 0.15) is 30.5 Å². The summed E-state index contributed by atoms with van der Waals surface area (Å²) in [7, 11) is 1.47. The molecule has 0 amide bonds. The zero-order chi connectivity index (χ0) is 34.3. The molecular formula is C44H38O6. The Kier molecular flexibility index (Phi) is 9.63. The van der Waals surface area contributed by atoms with Crippen molar-refractivity contribution in [2.75, 3.05) is 13.7 Å². The number of hydrogen-bond donors (Lipinski definition) is 1. The maximum Gasteiger partial charge on any atom is 0.341 e. The minimum absolute atomic E-state index is 0.170. The Hall–Kier alpha value is -5.85. The van der Waals surface area contributed by atoms with Crippen LogP contribution < -0.4 is 14.2 Å². The molecule has 6 heteroatoms. The van der Waals surface area contributed by atoms with E-state index in [0.717, 1.165) is 39.1 Å². The number of carboxylic acid groups (broad SMARTS) is 1. The van der Waals surface area contributed by atoms with Gasteiger partial charge in [-0.3, -0.25) is 0 Å². The van der Waals surface area contributed by atoms with E-state index in [1.165, 1.54) is 7.11 Å². The highest BCUT2D eigenvalue weighted by molar-refractivity contribution is 5.94. The summed E-state index contributed by atoms with van der Waals surface area (Å²) in [5.41, 5.74) is 4.78. The van der Waals surface area contributed by atoms with Crippen molar-refractivity contribution in [1.29, 1.82) is 0 Å². The van der Waals surface area contributed by atoms with E-state index in [4.69, 9.17) is 18.9 Å². The third-order valence-corrected chi connectivity index (χ3v) is 9.37. The summed E-state index contributed by atoms with van der Waals surface area (Å²) in [4.78, 5) is 13.8. The number of benzene rings is 6. The molecule has 2 unspecified atom stereocenters. The van der Waals surface area contributed by atoms with Gasteiger partial charge in [-0.05, 0) is 46.9 Å². The molecule has 1 N–H and O–H groups in total. The molecule has 2 atom stereocenters. The summed E-state index contributed by atoms with van der Waals surface area (Å²) in [6.07, 6.45) is 0.461. The van der Waals surface area contributed by atoms with Gasteiger partial charge in [0, 0.05) is 35.3 Å². The minimum Gasteiger partial charge on any atom is -0.493 e. The van der Waals surface area contributed by atoms with Gasteiger partial charge in [-0.25, -0.2) is 4.79 Å². The maximum atomic E-state index is 13.8. The van der Waals surface area contributed by atoms with Crippen LogP contribution in [0.1, 0.15) is 22.3 Å². The lowest BCUT2D eigenvalue weighted by atomic mass is 9.73. The van der Waals surface area contributed by atoms with E-state index in [1.807, 2.05) is 152 Å². The van der Waals surface area contributed by atoms with Crippen molar-refractivity contribution in [3.05, 3.63) is 174 Å². The molecule has 50 heavy (non-hydrogen) atoms. The van der Waals surface area contributed by atoms with E-state index in [0.29, 0.717) is 42.3 Å². The van der Waals surface area contributed by atoms with Gasteiger partial charge in [-0.2, -0.15) is 0 Å². The van der Waals surface area contributed by atoms with E-state index in [-0.39, 0.29) is 6.61 Å². The number of para-hydroxylation sites is 3. The number of carbonyl (C=O) groups is 1. The fourth-order valence-electron chi connectivity index (χ4n) is 6.92. The van der Waals surface area contributed by atoms with Crippen LogP contribution in [0.4, 0.5) is 0 Å². The maximum absolute atomic E-state index is 13.8. The van der Waals surface area contributed by atoms with Gasteiger partial charge in [0.15, 0.2) is 5.60 Å². The van der Waals surface area contributed by atoms with Gasteiger partial charge in [0.05, 0.1) is 6.61 Å². The van der Waals surface area contributed by atoms with Crippen LogP contribution in [0.25, 0.3) is 22.3 Å². The van der Waals surface area contributed by atoms with Gasteiger partial charge in [-0.15, -0.1) is 0 Å². The van der Waals surface area contributed by atoms with Gasteiger partial charge in [0.25, 0.3) is 0 Å². The first-order chi connectivity index (χ1) is 24.6. The van der Waals surface area contributed by atoms with Crippen LogP contribution in [-0.4, -0.2) is 24.8 Å². The predicted octanol–water partition coefficient (Wildman–Crippen LogP) is 9.36. The molecule has 0 radical (unpaired) electrons. The normalized spacial score (nSPS) is 14.9. The monoisotopic (exact) mass is 662 g/mol. The fourth-order valence-corrected chi connectivity index (χ4v) is 6.92. The van der Waals surface area contributed by atoms with E-state index >= 15 is 0 Å². The van der Waals surface area contributed by atoms with Crippen molar-refractivity contribution in [3.63, 3.8) is 0 Å². The SMILES string of the molecule is COC(C(=O)O)(c1cccc(-c2ccccc2OCc2ccccc2)c1-c1ccccc1OCc1ccccc1)C1COc2ccccc2C1. The van der Waals surface area contributed by atoms with Crippen molar-refractivity contribution in [1.82, 2.24) is 0 Å². The quantitative estimate of drug-likeness (QED) is 0.141. The van der Waals surface area contributed by atoms with Gasteiger partial charge in [-0.1, -0.05) is 133 Å². The molecule has 1 heterocycles. The molecule has 0 saturated heterocycles. The summed E-state index contributed by atoms with van der Waals surface area (Å²) in [6.45, 7) is 0.886. The lowest BCUT2D eigenvalue weighted by molar-refractivity contribution is -0.174. The van der Waals surface area contributed by atoms with E-state index in [1.54, 1.807) is 0 Å². The van der Waals surface area contributed by atoms with E-state index < -0.39 is 17.5 Å². The second-order valence-corrected chi connectivity index (χ2v) is 12.3. The van der Waals surface area contributed by atoms with Gasteiger partial charge < -0.3 is 24.1 Å². The minimum atomic E-state index is -1.77. The number of carboxylic acids is 1. The zero-order valence-corrected chi connectivity index (χ0v) is 27.8. The Morgan fingerprint density at radius 3 is 1.84 bits per heavy atom. The molecule has 0 aliphatic carbocycles. The molecule has 6 aromatic carbocycles. The molecule has 7 rings (SSSR count). The van der Waals surface area contributed by atoms with Gasteiger partial charge in [0.2, 0.25) is 0 Å². The Balaban J connectivity index is 1.42. The number of fused-ring (bicyclic) bond motifs is 1. The lowest BCUT2D eigenvalue weighted by Crippen LogP contribution is -2.49. The molecule has 0 aromatic heterocycles. The van der Waals surface area contributed by atoms with Crippen molar-refractivity contribution < 1.29 is 28.8 Å². The zero-order valence-electron chi connectivity index (χ0n) is 27.8. The molecular weight excluding hydrogens is 624 g/mol. The lowest BCUT2D eigenvalue weighted by Gasteiger charge is -2.40. The summed E-state index contributed by atoms with van der Waals surface area (Å²) < 4.78 is 25.4. The van der Waals surface area contributed by atoms with Crippen molar-refractivity contribution in [3.8, 4) is 39.5 Å². The summed E-state index contributed by atoms with van der Waals surface area (Å²) in [5.74, 6) is 0.412. The van der Waals surface area contributed by atoms with Crippen LogP contribution in [0.3, 0.4) is 0 Å². The molecule has 6 aromatic rings. The molecule has 6 nitrogen and oxygen atoms in total. The third-order valence-electron chi connectivity index (χ3n) is 9.37. The smallest absolute Gasteiger partial charge is 0.341 e. The standard InChI is InChI=1S/C44H38O6/c1-47-44(43(45)46,34-27-33-19-8-11-24-39(33)50-30-34)38-23-14-22-36(35-20-9-12-25-40(35)48-28-31-15-4-2-5-16-31)42(38)37-21-10-13-26-41(37)49-29-32-17-6-3-7-18-32/h2-26,34H,27-30H2,1H3,(H,45,46). The van der Waals surface area contributed by atoms with Crippen LogP contribution in [0.15, 0.2) is 152 Å². The Morgan fingerprint density at radius 2 is 1.20 bits per heavy atom. The van der Waals surface area contributed by atoms with Crippen LogP contribution >= 0.6 is 0 Å². The first-order valence-corrected chi connectivity index (χ1v) is 16.7. The highest BCUT2D eigenvalue weighted by Crippen LogP contribution is 2.50. The number of aliphatic carboxylic acids is 1. The first-order valence-electron chi connectivity index (χ1n) is 16.7. The second-order valence-electron chi connectivity index (χ2n) is 12.3. The summed E-state index contributed by atoms with van der Waals surface area (Å²) in [5, 5.41) is 11.3. The average molecular weight is 663 g/mol. The molecule has 1 aliphatic heterocycles. The first kappa shape index (κ1) is 32.7. The summed E-state index contributed by atoms with van der Waals surface area (Å²) in [6, 6.07) is 49.1. The van der Waals surface area contributed by atoms with Crippen molar-refractivity contribution in [2.24, 2.45) is 5.92 Å². The van der Waals surface area contributed by atoms with E-state index in [2.05, 4.69) is 0 Å². The topological polar surface area (TPSA) is 74.2 Å². The highest BCUT2D eigenvalue weighted by Gasteiger charge is 2.51. The molecule has 0 spiro atoms. The number of methoxy groups -OCH3 is 1. The molecule has 0 fully saturated rings. The van der Waals surface area contributed by atoms with E-state index in [9.17, 15) is 9.90 Å². The largest absolute Gasteiger partial charge is 0.493 e. The Morgan fingerprint density at radius 1 is 0.660 bits per heavy atom. The average Bonchev–Trinajstić information content (AvgIpc) is 3.17. The second kappa shape index (κ2) is 14.7. The Bertz CT molecular complexity index is 2080. The molecule has 0 saturated carbocycles. The highest BCUT2D eigenvalue weighted by atomic mass is 16.5. The van der Waals surface area contributed by atoms with Gasteiger partial charge >= 0.3 is 5.97 Å². The predicted molar refractivity (Wildman–Crippen MR) is 194 cm³/mol. The number of rotatable bonds is 12. The number of ether oxygens (including phenoxy) is 4. The van der Waals surface area contributed by atoms with Crippen LogP contribution in [-0.2, 0) is 34.8 Å².